The maximum atomic E-state index is 13.2. The molecule has 2 saturated carbocycles. The quantitative estimate of drug-likeness (QED) is 0.113. The summed E-state index contributed by atoms with van der Waals surface area (Å²) < 4.78 is 21.5. The normalized spacial score (nSPS) is 22.7. The predicted octanol–water partition coefficient (Wildman–Crippen LogP) is 10.6. The van der Waals surface area contributed by atoms with Crippen LogP contribution in [0, 0.1) is 34.5 Å². The first kappa shape index (κ1) is 38.9. The molecular formula is C34H36Cl6O8. The third kappa shape index (κ3) is 8.50. The highest BCUT2D eigenvalue weighted by Crippen LogP contribution is 2.48. The molecule has 0 aliphatic heterocycles. The zero-order valence-electron chi connectivity index (χ0n) is 27.2. The van der Waals surface area contributed by atoms with Crippen molar-refractivity contribution in [2.75, 3.05) is 13.2 Å². The summed E-state index contributed by atoms with van der Waals surface area (Å²) in [4.78, 5) is 52.6. The molecule has 4 unspecified atom stereocenters. The van der Waals surface area contributed by atoms with Crippen LogP contribution in [0.15, 0.2) is 12.1 Å². The number of carbonyl (C=O) groups is 4. The lowest BCUT2D eigenvalue weighted by atomic mass is 9.83. The van der Waals surface area contributed by atoms with Crippen molar-refractivity contribution in [3.63, 3.8) is 0 Å². The largest absolute Gasteiger partial charge is 0.462 e. The molecule has 4 rings (SSSR count). The van der Waals surface area contributed by atoms with Crippen molar-refractivity contribution in [1.29, 1.82) is 0 Å². The Labute approximate surface area is 309 Å². The van der Waals surface area contributed by atoms with E-state index in [9.17, 15) is 19.2 Å². The van der Waals surface area contributed by atoms with Crippen LogP contribution in [-0.4, -0.2) is 37.1 Å². The smallest absolute Gasteiger partial charge is 0.423 e. The van der Waals surface area contributed by atoms with Gasteiger partial charge in [-0.05, 0) is 72.3 Å². The molecule has 4 atom stereocenters. The molecule has 48 heavy (non-hydrogen) atoms. The highest BCUT2D eigenvalue weighted by Gasteiger charge is 2.40. The van der Waals surface area contributed by atoms with E-state index in [0.717, 1.165) is 37.8 Å². The van der Waals surface area contributed by atoms with Crippen LogP contribution in [0.25, 0.3) is 0 Å². The fourth-order valence-electron chi connectivity index (χ4n) is 6.47. The lowest BCUT2D eigenvalue weighted by Gasteiger charge is -2.22. The summed E-state index contributed by atoms with van der Waals surface area (Å²) in [5.74, 6) is -5.33. The topological polar surface area (TPSA) is 105 Å². The van der Waals surface area contributed by atoms with Crippen molar-refractivity contribution < 1.29 is 38.1 Å². The fraction of sp³-hybridized carbons (Fsp3) is 0.529. The first-order chi connectivity index (χ1) is 22.2. The molecule has 2 fully saturated rings. The van der Waals surface area contributed by atoms with E-state index in [1.807, 2.05) is 0 Å². The third-order valence-electron chi connectivity index (χ3n) is 9.79. The molecule has 0 amide bonds. The van der Waals surface area contributed by atoms with E-state index in [-0.39, 0.29) is 66.0 Å². The van der Waals surface area contributed by atoms with E-state index in [1.54, 1.807) is 0 Å². The van der Waals surface area contributed by atoms with Gasteiger partial charge in [0.15, 0.2) is 11.5 Å². The van der Waals surface area contributed by atoms with Gasteiger partial charge in [-0.25, -0.2) is 19.2 Å². The number of benzene rings is 2. The fourth-order valence-corrected chi connectivity index (χ4v) is 7.91. The van der Waals surface area contributed by atoms with E-state index in [4.69, 9.17) is 88.6 Å². The Bertz CT molecular complexity index is 1520. The second-order valence-corrected chi connectivity index (χ2v) is 16.5. The van der Waals surface area contributed by atoms with Crippen LogP contribution < -0.4 is 9.47 Å². The Morgan fingerprint density at radius 1 is 0.625 bits per heavy atom. The van der Waals surface area contributed by atoms with Crippen LogP contribution in [0.4, 0.5) is 0 Å². The van der Waals surface area contributed by atoms with Gasteiger partial charge in [0.2, 0.25) is 0 Å². The first-order valence-electron chi connectivity index (χ1n) is 15.4. The highest BCUT2D eigenvalue weighted by molar-refractivity contribution is 6.47. The number of halogens is 6. The zero-order valence-corrected chi connectivity index (χ0v) is 31.8. The molecule has 2 aliphatic rings. The number of esters is 4. The van der Waals surface area contributed by atoms with Crippen LogP contribution in [0.5, 0.6) is 11.5 Å². The molecule has 0 saturated heterocycles. The number of ether oxygens (including phenoxy) is 4. The Morgan fingerprint density at radius 2 is 0.958 bits per heavy atom. The lowest BCUT2D eigenvalue weighted by molar-refractivity contribution is -0.156. The summed E-state index contributed by atoms with van der Waals surface area (Å²) in [5, 5.41) is -1.47. The maximum Gasteiger partial charge on any atom is 0.423 e. The van der Waals surface area contributed by atoms with Gasteiger partial charge in [0.25, 0.3) is 0 Å². The summed E-state index contributed by atoms with van der Waals surface area (Å²) in [6.45, 7) is 13.0. The first-order valence-corrected chi connectivity index (χ1v) is 17.6. The molecule has 2 aromatic carbocycles. The van der Waals surface area contributed by atoms with Crippen LogP contribution >= 0.6 is 69.6 Å². The van der Waals surface area contributed by atoms with Gasteiger partial charge in [-0.15, -0.1) is 0 Å². The Hall–Kier alpha value is -1.94. The van der Waals surface area contributed by atoms with Crippen LogP contribution in [-0.2, 0) is 19.1 Å². The summed E-state index contributed by atoms with van der Waals surface area (Å²) in [7, 11) is 0. The number of carbonyl (C=O) groups excluding carboxylic acids is 4. The standard InChI is InChI=1S/C34H36Cl6O8/c1-15-7-17(11-33(15,3)4)13-45-29(41)23-25(39)19(35)9-21(37)27(23)47-31(43)32(44)48-28-22(38)10-20(36)26(40)24(28)30(42)46-14-18-8-16(2)34(5,6)12-18/h9-10,15-18H,7-8,11-14H2,1-6H3. The average molecular weight is 785 g/mol. The van der Waals surface area contributed by atoms with Gasteiger partial charge < -0.3 is 18.9 Å². The summed E-state index contributed by atoms with van der Waals surface area (Å²) >= 11 is 37.6. The van der Waals surface area contributed by atoms with E-state index in [1.165, 1.54) is 0 Å². The Balaban J connectivity index is 1.52. The molecule has 0 aromatic heterocycles. The van der Waals surface area contributed by atoms with Crippen LogP contribution in [0.2, 0.25) is 30.1 Å². The molecule has 0 spiro atoms. The summed E-state index contributed by atoms with van der Waals surface area (Å²) in [5.41, 5.74) is -0.757. The van der Waals surface area contributed by atoms with Crippen LogP contribution in [0.3, 0.4) is 0 Å². The Kier molecular flexibility index (Phi) is 12.2. The Morgan fingerprint density at radius 3 is 1.25 bits per heavy atom. The van der Waals surface area contributed by atoms with Gasteiger partial charge in [-0.3, -0.25) is 0 Å². The molecule has 8 nitrogen and oxygen atoms in total. The second-order valence-electron chi connectivity index (χ2n) is 14.1. The van der Waals surface area contributed by atoms with Crippen molar-refractivity contribution in [2.24, 2.45) is 34.5 Å². The van der Waals surface area contributed by atoms with Crippen molar-refractivity contribution in [3.8, 4) is 11.5 Å². The maximum absolute atomic E-state index is 13.2. The number of hydrogen-bond acceptors (Lipinski definition) is 8. The predicted molar refractivity (Wildman–Crippen MR) is 186 cm³/mol. The van der Waals surface area contributed by atoms with E-state index < -0.39 is 46.5 Å². The number of hydrogen-bond donors (Lipinski definition) is 0. The van der Waals surface area contributed by atoms with Gasteiger partial charge in [0.05, 0.1) is 43.3 Å². The molecule has 2 aromatic rings. The van der Waals surface area contributed by atoms with E-state index in [2.05, 4.69) is 41.5 Å². The average Bonchev–Trinajstić information content (AvgIpc) is 3.41. The SMILES string of the molecule is CC1CC(COC(=O)c2c(Cl)c(Cl)cc(Cl)c2OC(=O)C(=O)Oc2c(Cl)cc(Cl)c(Cl)c2C(=O)OCC2CC(C)C(C)(C)C2)CC1(C)C. The molecule has 262 valence electrons. The van der Waals surface area contributed by atoms with Gasteiger partial charge >= 0.3 is 23.9 Å². The number of rotatable bonds is 8. The van der Waals surface area contributed by atoms with E-state index >= 15 is 0 Å². The van der Waals surface area contributed by atoms with Gasteiger partial charge in [-0.2, -0.15) is 0 Å². The van der Waals surface area contributed by atoms with Gasteiger partial charge in [-0.1, -0.05) is 111 Å². The summed E-state index contributed by atoms with van der Waals surface area (Å²) in [6.07, 6.45) is 3.37. The minimum Gasteiger partial charge on any atom is -0.462 e. The monoisotopic (exact) mass is 782 g/mol. The van der Waals surface area contributed by atoms with E-state index in [0.29, 0.717) is 11.8 Å². The van der Waals surface area contributed by atoms with Gasteiger partial charge in [0.1, 0.15) is 11.1 Å². The molecule has 0 bridgehead atoms. The van der Waals surface area contributed by atoms with Crippen molar-refractivity contribution in [3.05, 3.63) is 53.4 Å². The second kappa shape index (κ2) is 15.1. The minimum absolute atomic E-state index is 0.0781. The molecule has 14 heteroatoms. The zero-order chi connectivity index (χ0) is 35.9. The lowest BCUT2D eigenvalue weighted by Crippen LogP contribution is -2.27. The molecule has 0 N–H and O–H groups in total. The molecule has 0 radical (unpaired) electrons. The van der Waals surface area contributed by atoms with Crippen molar-refractivity contribution >= 4 is 93.5 Å². The summed E-state index contributed by atoms with van der Waals surface area (Å²) in [6, 6.07) is 2.26. The van der Waals surface area contributed by atoms with Crippen molar-refractivity contribution in [2.45, 2.75) is 67.2 Å². The third-order valence-corrected chi connectivity index (χ3v) is 11.9. The van der Waals surface area contributed by atoms with Gasteiger partial charge in [0, 0.05) is 0 Å². The molecule has 2 aliphatic carbocycles. The minimum atomic E-state index is -1.64. The molecule has 0 heterocycles. The van der Waals surface area contributed by atoms with Crippen molar-refractivity contribution in [1.82, 2.24) is 0 Å². The van der Waals surface area contributed by atoms with Crippen LogP contribution in [0.1, 0.15) is 87.9 Å². The highest BCUT2D eigenvalue weighted by atomic mass is 35.5. The molecular weight excluding hydrogens is 749 g/mol.